The average Bonchev–Trinajstić information content (AvgIpc) is 2.79. The van der Waals surface area contributed by atoms with Crippen LogP contribution in [0.2, 0.25) is 0 Å². The van der Waals surface area contributed by atoms with Gasteiger partial charge in [0.2, 0.25) is 0 Å². The molecule has 102 valence electrons. The lowest BCUT2D eigenvalue weighted by atomic mass is 9.95. The van der Waals surface area contributed by atoms with Gasteiger partial charge in [0.1, 0.15) is 0 Å². The first-order valence-electron chi connectivity index (χ1n) is 7.69. The van der Waals surface area contributed by atoms with E-state index >= 15 is 0 Å². The highest BCUT2D eigenvalue weighted by Crippen LogP contribution is 2.30. The van der Waals surface area contributed by atoms with Gasteiger partial charge in [-0.3, -0.25) is 0 Å². The van der Waals surface area contributed by atoms with Crippen LogP contribution in [0.1, 0.15) is 75.7 Å². The number of nitrogens with zero attached hydrogens (tertiary/aromatic N) is 1. The molecule has 0 saturated heterocycles. The van der Waals surface area contributed by atoms with Crippen molar-refractivity contribution >= 4 is 0 Å². The molecule has 2 rings (SSSR count). The van der Waals surface area contributed by atoms with Gasteiger partial charge in [-0.15, -0.1) is 0 Å². The number of rotatable bonds is 7. The number of hydrogen-bond donors (Lipinski definition) is 1. The van der Waals surface area contributed by atoms with Gasteiger partial charge >= 0.3 is 0 Å². The van der Waals surface area contributed by atoms with Crippen molar-refractivity contribution in [3.05, 3.63) is 23.5 Å². The molecule has 1 N–H and O–H groups in total. The Morgan fingerprint density at radius 2 is 2.00 bits per heavy atom. The van der Waals surface area contributed by atoms with Gasteiger partial charge in [-0.1, -0.05) is 39.0 Å². The van der Waals surface area contributed by atoms with Crippen molar-refractivity contribution in [2.24, 2.45) is 0 Å². The van der Waals surface area contributed by atoms with E-state index in [2.05, 4.69) is 23.8 Å². The van der Waals surface area contributed by atoms with E-state index in [1.807, 2.05) is 0 Å². The monoisotopic (exact) mass is 249 g/mol. The molecule has 1 heterocycles. The largest absolute Gasteiger partial charge is 0.388 e. The summed E-state index contributed by atoms with van der Waals surface area (Å²) >= 11 is 0. The number of aromatic nitrogens is 1. The molecule has 18 heavy (non-hydrogen) atoms. The molecule has 1 aliphatic rings. The van der Waals surface area contributed by atoms with Crippen LogP contribution in [0, 0.1) is 0 Å². The second kappa shape index (κ2) is 6.98. The van der Waals surface area contributed by atoms with Crippen LogP contribution >= 0.6 is 0 Å². The fourth-order valence-electron chi connectivity index (χ4n) is 3.00. The van der Waals surface area contributed by atoms with Crippen LogP contribution in [0.5, 0.6) is 0 Å². The molecule has 0 bridgehead atoms. The van der Waals surface area contributed by atoms with Crippen LogP contribution in [0.4, 0.5) is 0 Å². The maximum Gasteiger partial charge on any atom is 0.0807 e. The number of fused-ring (bicyclic) bond motifs is 1. The zero-order chi connectivity index (χ0) is 12.8. The minimum Gasteiger partial charge on any atom is -0.388 e. The third kappa shape index (κ3) is 3.38. The van der Waals surface area contributed by atoms with Crippen molar-refractivity contribution in [2.45, 2.75) is 77.4 Å². The molecule has 1 unspecified atom stereocenters. The molecule has 1 aromatic heterocycles. The number of aryl methyl sites for hydroxylation is 1. The number of aliphatic hydroxyl groups is 1. The molecule has 0 fully saturated rings. The summed E-state index contributed by atoms with van der Waals surface area (Å²) in [6.45, 7) is 3.39. The highest BCUT2D eigenvalue weighted by molar-refractivity contribution is 5.27. The molecule has 1 atom stereocenters. The first-order valence-corrected chi connectivity index (χ1v) is 7.69. The Kier molecular flexibility index (Phi) is 5.30. The average molecular weight is 249 g/mol. The SMILES string of the molecule is CCCCCCCCn1ccc2c1CCCC2O. The van der Waals surface area contributed by atoms with Gasteiger partial charge < -0.3 is 9.67 Å². The summed E-state index contributed by atoms with van der Waals surface area (Å²) in [6, 6.07) is 2.12. The Bertz CT molecular complexity index is 356. The zero-order valence-electron chi connectivity index (χ0n) is 11.7. The van der Waals surface area contributed by atoms with Crippen molar-refractivity contribution < 1.29 is 5.11 Å². The van der Waals surface area contributed by atoms with E-state index in [0.717, 1.165) is 25.8 Å². The van der Waals surface area contributed by atoms with E-state index in [4.69, 9.17) is 0 Å². The van der Waals surface area contributed by atoms with Crippen molar-refractivity contribution in [1.82, 2.24) is 4.57 Å². The van der Waals surface area contributed by atoms with E-state index < -0.39 is 0 Å². The maximum absolute atomic E-state index is 9.93. The predicted molar refractivity (Wildman–Crippen MR) is 75.7 cm³/mol. The van der Waals surface area contributed by atoms with E-state index in [-0.39, 0.29) is 6.10 Å². The van der Waals surface area contributed by atoms with Gasteiger partial charge in [0.05, 0.1) is 6.10 Å². The summed E-state index contributed by atoms with van der Waals surface area (Å²) in [5, 5.41) is 9.93. The fourth-order valence-corrected chi connectivity index (χ4v) is 3.00. The van der Waals surface area contributed by atoms with Crippen molar-refractivity contribution in [3.8, 4) is 0 Å². The van der Waals surface area contributed by atoms with Gasteiger partial charge in [-0.25, -0.2) is 0 Å². The van der Waals surface area contributed by atoms with Crippen molar-refractivity contribution in [1.29, 1.82) is 0 Å². The lowest BCUT2D eigenvalue weighted by Crippen LogP contribution is -2.12. The summed E-state index contributed by atoms with van der Waals surface area (Å²) in [7, 11) is 0. The number of aliphatic hydroxyl groups excluding tert-OH is 1. The topological polar surface area (TPSA) is 25.2 Å². The van der Waals surface area contributed by atoms with Crippen molar-refractivity contribution in [3.63, 3.8) is 0 Å². The molecule has 0 radical (unpaired) electrons. The van der Waals surface area contributed by atoms with Crippen LogP contribution in [0.15, 0.2) is 12.3 Å². The van der Waals surface area contributed by atoms with E-state index in [1.54, 1.807) is 0 Å². The third-order valence-electron chi connectivity index (χ3n) is 4.12. The highest BCUT2D eigenvalue weighted by Gasteiger charge is 2.20. The van der Waals surface area contributed by atoms with E-state index in [1.165, 1.54) is 49.8 Å². The van der Waals surface area contributed by atoms with E-state index in [0.29, 0.717) is 0 Å². The number of unbranched alkanes of at least 4 members (excludes halogenated alkanes) is 5. The first-order chi connectivity index (χ1) is 8.83. The zero-order valence-corrected chi connectivity index (χ0v) is 11.7. The van der Waals surface area contributed by atoms with Crippen LogP contribution < -0.4 is 0 Å². The lowest BCUT2D eigenvalue weighted by Gasteiger charge is -2.20. The molecule has 0 aromatic carbocycles. The molecule has 1 aliphatic carbocycles. The summed E-state index contributed by atoms with van der Waals surface area (Å²) in [5.74, 6) is 0. The summed E-state index contributed by atoms with van der Waals surface area (Å²) in [5.41, 5.74) is 2.58. The van der Waals surface area contributed by atoms with Crippen LogP contribution in [0.25, 0.3) is 0 Å². The lowest BCUT2D eigenvalue weighted by molar-refractivity contribution is 0.155. The molecule has 0 saturated carbocycles. The molecule has 0 aliphatic heterocycles. The Morgan fingerprint density at radius 3 is 2.83 bits per heavy atom. The van der Waals surface area contributed by atoms with Gasteiger partial charge in [-0.2, -0.15) is 0 Å². The Balaban J connectivity index is 1.76. The van der Waals surface area contributed by atoms with E-state index in [9.17, 15) is 5.11 Å². The molecular formula is C16H27NO. The van der Waals surface area contributed by atoms with Gasteiger partial charge in [0, 0.05) is 24.0 Å². The maximum atomic E-state index is 9.93. The van der Waals surface area contributed by atoms with Crippen molar-refractivity contribution in [2.75, 3.05) is 0 Å². The van der Waals surface area contributed by atoms with Crippen LogP contribution in [-0.4, -0.2) is 9.67 Å². The third-order valence-corrected chi connectivity index (χ3v) is 4.12. The summed E-state index contributed by atoms with van der Waals surface area (Å²) in [4.78, 5) is 0. The number of hydrogen-bond acceptors (Lipinski definition) is 1. The minimum atomic E-state index is -0.209. The molecular weight excluding hydrogens is 222 g/mol. The molecule has 2 heteroatoms. The van der Waals surface area contributed by atoms with Crippen LogP contribution in [-0.2, 0) is 13.0 Å². The second-order valence-corrected chi connectivity index (χ2v) is 5.59. The standard InChI is InChI=1S/C16H27NO/c1-2-3-4-5-6-7-12-17-13-11-14-15(17)9-8-10-16(14)18/h11,13,16,18H,2-10,12H2,1H3. The van der Waals surface area contributed by atoms with Gasteiger partial charge in [0.15, 0.2) is 0 Å². The molecule has 0 amide bonds. The second-order valence-electron chi connectivity index (χ2n) is 5.59. The van der Waals surface area contributed by atoms with Gasteiger partial charge in [0.25, 0.3) is 0 Å². The Hall–Kier alpha value is -0.760. The minimum absolute atomic E-state index is 0.209. The Morgan fingerprint density at radius 1 is 1.22 bits per heavy atom. The molecule has 1 aromatic rings. The fraction of sp³-hybridized carbons (Fsp3) is 0.750. The smallest absolute Gasteiger partial charge is 0.0807 e. The summed E-state index contributed by atoms with van der Waals surface area (Å²) < 4.78 is 2.37. The first kappa shape index (κ1) is 13.7. The van der Waals surface area contributed by atoms with Crippen LogP contribution in [0.3, 0.4) is 0 Å². The highest BCUT2D eigenvalue weighted by atomic mass is 16.3. The quantitative estimate of drug-likeness (QED) is 0.719. The predicted octanol–water partition coefficient (Wildman–Crippen LogP) is 4.22. The molecule has 2 nitrogen and oxygen atoms in total. The van der Waals surface area contributed by atoms with Gasteiger partial charge in [-0.05, 0) is 31.7 Å². The summed E-state index contributed by atoms with van der Waals surface area (Å²) in [6.07, 6.45) is 13.3. The molecule has 0 spiro atoms. The Labute approximate surface area is 111 Å². The normalized spacial score (nSPS) is 18.9.